The molecule has 0 bridgehead atoms. The van der Waals surface area contributed by atoms with E-state index in [0.717, 1.165) is 5.76 Å². The Morgan fingerprint density at radius 2 is 2.25 bits per heavy atom. The zero-order chi connectivity index (χ0) is 5.98. The first-order valence-corrected chi connectivity index (χ1v) is 2.67. The fourth-order valence-electron chi connectivity index (χ4n) is 0.578. The van der Waals surface area contributed by atoms with Gasteiger partial charge in [0, 0.05) is 0 Å². The molecule has 2 heteroatoms. The van der Waals surface area contributed by atoms with Crippen molar-refractivity contribution in [3.63, 3.8) is 0 Å². The van der Waals surface area contributed by atoms with Crippen molar-refractivity contribution in [2.45, 2.75) is 13.8 Å². The molecule has 0 unspecified atom stereocenters. The highest BCUT2D eigenvalue weighted by Crippen LogP contribution is 2.10. The van der Waals surface area contributed by atoms with Gasteiger partial charge in [-0.05, 0) is 19.4 Å². The summed E-state index contributed by atoms with van der Waals surface area (Å²) in [7, 11) is 0. The van der Waals surface area contributed by atoms with Gasteiger partial charge in [0.1, 0.15) is 12.4 Å². The molecule has 0 amide bonds. The SMILES string of the molecule is CC(C)=C1COCO1. The zero-order valence-electron chi connectivity index (χ0n) is 5.23. The average Bonchev–Trinajstić information content (AvgIpc) is 2.12. The van der Waals surface area contributed by atoms with Crippen molar-refractivity contribution >= 4 is 0 Å². The van der Waals surface area contributed by atoms with Gasteiger partial charge in [-0.3, -0.25) is 0 Å². The predicted octanol–water partition coefficient (Wildman–Crippen LogP) is 1.28. The van der Waals surface area contributed by atoms with E-state index in [1.54, 1.807) is 0 Å². The lowest BCUT2D eigenvalue weighted by molar-refractivity contribution is 0.0796. The molecule has 0 aliphatic carbocycles. The van der Waals surface area contributed by atoms with Crippen LogP contribution in [-0.2, 0) is 9.47 Å². The Morgan fingerprint density at radius 1 is 1.50 bits per heavy atom. The van der Waals surface area contributed by atoms with Crippen LogP contribution in [0.4, 0.5) is 0 Å². The van der Waals surface area contributed by atoms with Gasteiger partial charge in [0.2, 0.25) is 0 Å². The van der Waals surface area contributed by atoms with E-state index in [-0.39, 0.29) is 0 Å². The van der Waals surface area contributed by atoms with E-state index in [9.17, 15) is 0 Å². The highest BCUT2D eigenvalue weighted by molar-refractivity contribution is 5.03. The number of hydrogen-bond donors (Lipinski definition) is 0. The fraction of sp³-hybridized carbons (Fsp3) is 0.667. The number of hydrogen-bond acceptors (Lipinski definition) is 2. The van der Waals surface area contributed by atoms with E-state index >= 15 is 0 Å². The molecule has 2 nitrogen and oxygen atoms in total. The maximum atomic E-state index is 5.07. The molecule has 1 fully saturated rings. The number of rotatable bonds is 0. The van der Waals surface area contributed by atoms with Crippen LogP contribution in [0.1, 0.15) is 13.8 Å². The third-order valence-corrected chi connectivity index (χ3v) is 1.11. The molecule has 1 aliphatic heterocycles. The van der Waals surface area contributed by atoms with Crippen LogP contribution < -0.4 is 0 Å². The van der Waals surface area contributed by atoms with Crippen LogP contribution in [0.3, 0.4) is 0 Å². The van der Waals surface area contributed by atoms with Crippen LogP contribution in [0.5, 0.6) is 0 Å². The summed E-state index contributed by atoms with van der Waals surface area (Å²) in [5.41, 5.74) is 1.21. The summed E-state index contributed by atoms with van der Waals surface area (Å²) in [5, 5.41) is 0. The molecule has 0 saturated carbocycles. The minimum atomic E-state index is 0.431. The van der Waals surface area contributed by atoms with Crippen molar-refractivity contribution in [3.05, 3.63) is 11.3 Å². The van der Waals surface area contributed by atoms with Crippen LogP contribution in [0, 0.1) is 0 Å². The monoisotopic (exact) mass is 114 g/mol. The summed E-state index contributed by atoms with van der Waals surface area (Å²) in [4.78, 5) is 0. The summed E-state index contributed by atoms with van der Waals surface area (Å²) in [6.45, 7) is 5.12. The molecule has 0 aromatic rings. The average molecular weight is 114 g/mol. The molecule has 0 radical (unpaired) electrons. The standard InChI is InChI=1S/C6H10O2/c1-5(2)6-3-7-4-8-6/h3-4H2,1-2H3. The van der Waals surface area contributed by atoms with E-state index in [1.807, 2.05) is 13.8 Å². The Hall–Kier alpha value is -0.500. The molecular formula is C6H10O2. The highest BCUT2D eigenvalue weighted by atomic mass is 16.7. The Labute approximate surface area is 49.1 Å². The Morgan fingerprint density at radius 3 is 2.50 bits per heavy atom. The van der Waals surface area contributed by atoms with E-state index in [1.165, 1.54) is 5.57 Å². The van der Waals surface area contributed by atoms with Crippen molar-refractivity contribution in [1.29, 1.82) is 0 Å². The third kappa shape index (κ3) is 1.01. The molecule has 46 valence electrons. The Bertz CT molecular complexity index is 104. The Kier molecular flexibility index (Phi) is 1.53. The minimum Gasteiger partial charge on any atom is -0.469 e. The minimum absolute atomic E-state index is 0.431. The lowest BCUT2D eigenvalue weighted by atomic mass is 10.3. The van der Waals surface area contributed by atoms with Crippen LogP contribution in [-0.4, -0.2) is 13.4 Å². The maximum absolute atomic E-state index is 5.07. The summed E-state index contributed by atoms with van der Waals surface area (Å²) in [6, 6.07) is 0. The first-order valence-electron chi connectivity index (χ1n) is 2.67. The largest absolute Gasteiger partial charge is 0.469 e. The third-order valence-electron chi connectivity index (χ3n) is 1.11. The second kappa shape index (κ2) is 2.18. The molecule has 0 aromatic heterocycles. The molecule has 1 aliphatic rings. The van der Waals surface area contributed by atoms with Gasteiger partial charge in [-0.1, -0.05) is 0 Å². The smallest absolute Gasteiger partial charge is 0.189 e. The van der Waals surface area contributed by atoms with E-state index in [4.69, 9.17) is 9.47 Å². The quantitative estimate of drug-likeness (QED) is 0.472. The topological polar surface area (TPSA) is 18.5 Å². The zero-order valence-corrected chi connectivity index (χ0v) is 5.23. The van der Waals surface area contributed by atoms with Gasteiger partial charge in [0.05, 0.1) is 0 Å². The lowest BCUT2D eigenvalue weighted by Gasteiger charge is -1.94. The van der Waals surface area contributed by atoms with Gasteiger partial charge >= 0.3 is 0 Å². The maximum Gasteiger partial charge on any atom is 0.189 e. The van der Waals surface area contributed by atoms with Crippen molar-refractivity contribution in [2.24, 2.45) is 0 Å². The van der Waals surface area contributed by atoms with Crippen LogP contribution >= 0.6 is 0 Å². The number of ether oxygens (including phenoxy) is 2. The van der Waals surface area contributed by atoms with Crippen molar-refractivity contribution in [2.75, 3.05) is 13.4 Å². The molecule has 1 saturated heterocycles. The molecular weight excluding hydrogens is 104 g/mol. The first kappa shape index (κ1) is 5.63. The summed E-state index contributed by atoms with van der Waals surface area (Å²) in [5.74, 6) is 0.991. The molecule has 0 aromatic carbocycles. The molecule has 0 atom stereocenters. The van der Waals surface area contributed by atoms with E-state index < -0.39 is 0 Å². The van der Waals surface area contributed by atoms with Crippen LogP contribution in [0.15, 0.2) is 11.3 Å². The Balaban J connectivity index is 2.58. The van der Waals surface area contributed by atoms with Gasteiger partial charge in [-0.2, -0.15) is 0 Å². The molecule has 0 N–H and O–H groups in total. The highest BCUT2D eigenvalue weighted by Gasteiger charge is 2.07. The van der Waals surface area contributed by atoms with Crippen molar-refractivity contribution in [3.8, 4) is 0 Å². The van der Waals surface area contributed by atoms with E-state index in [2.05, 4.69) is 0 Å². The van der Waals surface area contributed by atoms with Crippen molar-refractivity contribution < 1.29 is 9.47 Å². The predicted molar refractivity (Wildman–Crippen MR) is 30.3 cm³/mol. The second-order valence-corrected chi connectivity index (χ2v) is 2.03. The summed E-state index contributed by atoms with van der Waals surface area (Å²) < 4.78 is 10.0. The molecule has 1 heterocycles. The number of allylic oxidation sites excluding steroid dienone is 1. The lowest BCUT2D eigenvalue weighted by Crippen LogP contribution is -1.84. The second-order valence-electron chi connectivity index (χ2n) is 2.03. The van der Waals surface area contributed by atoms with Gasteiger partial charge in [-0.25, -0.2) is 0 Å². The molecule has 1 rings (SSSR count). The van der Waals surface area contributed by atoms with Gasteiger partial charge in [-0.15, -0.1) is 0 Å². The summed E-state index contributed by atoms with van der Waals surface area (Å²) >= 11 is 0. The van der Waals surface area contributed by atoms with Crippen LogP contribution in [0.2, 0.25) is 0 Å². The van der Waals surface area contributed by atoms with E-state index in [0.29, 0.717) is 13.4 Å². The van der Waals surface area contributed by atoms with Crippen molar-refractivity contribution in [1.82, 2.24) is 0 Å². The first-order chi connectivity index (χ1) is 3.80. The fourth-order valence-corrected chi connectivity index (χ4v) is 0.578. The van der Waals surface area contributed by atoms with Crippen LogP contribution in [0.25, 0.3) is 0 Å². The normalized spacial score (nSPS) is 18.5. The van der Waals surface area contributed by atoms with Gasteiger partial charge in [0.15, 0.2) is 6.79 Å². The molecule has 8 heavy (non-hydrogen) atoms. The molecule has 0 spiro atoms. The van der Waals surface area contributed by atoms with Gasteiger partial charge < -0.3 is 9.47 Å². The van der Waals surface area contributed by atoms with Gasteiger partial charge in [0.25, 0.3) is 0 Å². The summed E-state index contributed by atoms with van der Waals surface area (Å²) in [6.07, 6.45) is 0.